The smallest absolute Gasteiger partial charge is 0.338 e. The Balaban J connectivity index is 1.71. The molecule has 1 fully saturated rings. The number of amides is 2. The molecular formula is C20H20N2O5S2. The predicted molar refractivity (Wildman–Crippen MR) is 111 cm³/mol. The van der Waals surface area contributed by atoms with Gasteiger partial charge in [0.1, 0.15) is 5.25 Å². The highest BCUT2D eigenvalue weighted by atomic mass is 32.2. The summed E-state index contributed by atoms with van der Waals surface area (Å²) in [6.45, 7) is 5.91. The molecule has 1 aromatic heterocycles. The van der Waals surface area contributed by atoms with Crippen LogP contribution in [0.1, 0.15) is 42.4 Å². The van der Waals surface area contributed by atoms with Crippen LogP contribution < -0.4 is 9.77 Å². The van der Waals surface area contributed by atoms with E-state index in [-0.39, 0.29) is 23.3 Å². The zero-order valence-corrected chi connectivity index (χ0v) is 17.8. The van der Waals surface area contributed by atoms with Crippen LogP contribution in [0.25, 0.3) is 0 Å². The molecule has 0 aliphatic carbocycles. The number of thiazole rings is 1. The first-order chi connectivity index (χ1) is 13.8. The van der Waals surface area contributed by atoms with Crippen molar-refractivity contribution >= 4 is 46.6 Å². The van der Waals surface area contributed by atoms with Gasteiger partial charge in [-0.1, -0.05) is 36.9 Å². The van der Waals surface area contributed by atoms with Gasteiger partial charge < -0.3 is 9.72 Å². The van der Waals surface area contributed by atoms with E-state index in [1.54, 1.807) is 31.2 Å². The molecular weight excluding hydrogens is 412 g/mol. The normalized spacial score (nSPS) is 25.7. The van der Waals surface area contributed by atoms with E-state index in [9.17, 15) is 19.2 Å². The maximum atomic E-state index is 13.4. The van der Waals surface area contributed by atoms with Crippen LogP contribution in [0.5, 0.6) is 0 Å². The number of anilines is 1. The maximum Gasteiger partial charge on any atom is 0.338 e. The van der Waals surface area contributed by atoms with Gasteiger partial charge in [0.05, 0.1) is 28.8 Å². The lowest BCUT2D eigenvalue weighted by Crippen LogP contribution is -2.43. The molecule has 1 saturated heterocycles. The number of hydrogen-bond acceptors (Lipinski definition) is 7. The Hall–Kier alpha value is -2.39. The van der Waals surface area contributed by atoms with Gasteiger partial charge in [0.25, 0.3) is 0 Å². The number of aromatic amines is 1. The molecule has 1 aromatic carbocycles. The fourth-order valence-electron chi connectivity index (χ4n) is 4.01. The minimum absolute atomic E-state index is 0.173. The second-order valence-electron chi connectivity index (χ2n) is 7.24. The number of carbonyl (C=O) groups excluding carboxylic acids is 3. The zero-order chi connectivity index (χ0) is 20.9. The topological polar surface area (TPSA) is 96.5 Å². The van der Waals surface area contributed by atoms with E-state index >= 15 is 0 Å². The quantitative estimate of drug-likeness (QED) is 0.589. The van der Waals surface area contributed by atoms with Gasteiger partial charge in [-0.3, -0.25) is 14.4 Å². The van der Waals surface area contributed by atoms with Gasteiger partial charge in [-0.25, -0.2) is 9.69 Å². The molecule has 2 aromatic rings. The van der Waals surface area contributed by atoms with E-state index in [4.69, 9.17) is 4.74 Å². The molecule has 1 N–H and O–H groups in total. The molecule has 0 saturated carbocycles. The van der Waals surface area contributed by atoms with E-state index in [2.05, 4.69) is 4.98 Å². The summed E-state index contributed by atoms with van der Waals surface area (Å²) in [5.41, 5.74) is 0.194. The van der Waals surface area contributed by atoms with Gasteiger partial charge in [0.15, 0.2) is 0 Å². The molecule has 2 unspecified atom stereocenters. The Morgan fingerprint density at radius 3 is 2.48 bits per heavy atom. The Bertz CT molecular complexity index is 1060. The number of hydrogen-bond donors (Lipinski definition) is 1. The van der Waals surface area contributed by atoms with Gasteiger partial charge in [-0.2, -0.15) is 0 Å². The molecule has 4 rings (SSSR count). The lowest BCUT2D eigenvalue weighted by molar-refractivity contribution is -0.123. The lowest BCUT2D eigenvalue weighted by Gasteiger charge is -2.38. The summed E-state index contributed by atoms with van der Waals surface area (Å²) in [4.78, 5) is 55.0. The SMILES string of the molecule is CCOC(=O)c1ccc(N2C(=O)C3Sc4[nH]c(=O)sc4[C@@](C)(CC)C3C2=O)cc1. The molecule has 0 spiro atoms. The van der Waals surface area contributed by atoms with Gasteiger partial charge >= 0.3 is 10.8 Å². The Morgan fingerprint density at radius 2 is 1.86 bits per heavy atom. The Morgan fingerprint density at radius 1 is 1.17 bits per heavy atom. The summed E-state index contributed by atoms with van der Waals surface area (Å²) in [6.07, 6.45) is 0.629. The molecule has 3 atom stereocenters. The van der Waals surface area contributed by atoms with Gasteiger partial charge in [-0.15, -0.1) is 0 Å². The molecule has 2 aliphatic rings. The number of thioether (sulfide) groups is 1. The second-order valence-corrected chi connectivity index (χ2v) is 9.37. The standard InChI is InChI=1S/C20H20N2O5S2/c1-4-20(3)12-13(28-15-14(20)29-19(26)21-15)17(24)22(16(12)23)11-8-6-10(7-9-11)18(25)27-5-2/h6-9,12-13H,4-5H2,1-3H3,(H,21,26)/t12?,13?,20-/m0/s1. The van der Waals surface area contributed by atoms with Crippen LogP contribution in [0.4, 0.5) is 5.69 Å². The highest BCUT2D eigenvalue weighted by Gasteiger charge is 2.60. The Labute approximate surface area is 175 Å². The van der Waals surface area contributed by atoms with Crippen LogP contribution in [-0.4, -0.2) is 34.6 Å². The number of fused-ring (bicyclic) bond motifs is 2. The van der Waals surface area contributed by atoms with Crippen LogP contribution >= 0.6 is 23.1 Å². The van der Waals surface area contributed by atoms with E-state index in [0.29, 0.717) is 22.7 Å². The molecule has 2 aliphatic heterocycles. The fraction of sp³-hybridized carbons (Fsp3) is 0.400. The number of ether oxygens (including phenoxy) is 1. The maximum absolute atomic E-state index is 13.4. The highest BCUT2D eigenvalue weighted by molar-refractivity contribution is 8.00. The minimum atomic E-state index is -0.596. The number of H-pyrrole nitrogens is 1. The first-order valence-corrected chi connectivity index (χ1v) is 11.1. The molecule has 7 nitrogen and oxygen atoms in total. The van der Waals surface area contributed by atoms with Crippen LogP contribution in [0.3, 0.4) is 0 Å². The number of nitrogens with one attached hydrogen (secondary N) is 1. The van der Waals surface area contributed by atoms with Gasteiger partial charge in [-0.05, 0) is 37.6 Å². The lowest BCUT2D eigenvalue weighted by atomic mass is 9.72. The number of imide groups is 1. The molecule has 0 bridgehead atoms. The monoisotopic (exact) mass is 432 g/mol. The van der Waals surface area contributed by atoms with Crippen molar-refractivity contribution in [2.45, 2.75) is 42.9 Å². The first-order valence-electron chi connectivity index (χ1n) is 9.37. The predicted octanol–water partition coefficient (Wildman–Crippen LogP) is 2.94. The third kappa shape index (κ3) is 2.95. The van der Waals surface area contributed by atoms with Crippen LogP contribution in [-0.2, 0) is 19.7 Å². The molecule has 0 radical (unpaired) electrons. The second kappa shape index (κ2) is 7.14. The molecule has 3 heterocycles. The van der Waals surface area contributed by atoms with Crippen LogP contribution in [0.15, 0.2) is 34.1 Å². The number of esters is 1. The van der Waals surface area contributed by atoms with Crippen LogP contribution in [0, 0.1) is 5.92 Å². The summed E-state index contributed by atoms with van der Waals surface area (Å²) in [5.74, 6) is -1.57. The number of carbonyl (C=O) groups is 3. The van der Waals surface area contributed by atoms with Crippen molar-refractivity contribution in [3.05, 3.63) is 44.4 Å². The first kappa shape index (κ1) is 19.9. The molecule has 152 valence electrons. The summed E-state index contributed by atoms with van der Waals surface area (Å²) in [5, 5.41) is 0.0983. The Kier molecular flexibility index (Phi) is 4.90. The number of benzene rings is 1. The average Bonchev–Trinajstić information content (AvgIpc) is 3.20. The molecule has 2 amide bonds. The third-order valence-corrected chi connectivity index (χ3v) is 8.25. The highest BCUT2D eigenvalue weighted by Crippen LogP contribution is 2.55. The van der Waals surface area contributed by atoms with Crippen molar-refractivity contribution < 1.29 is 19.1 Å². The summed E-state index contributed by atoms with van der Waals surface area (Å²) >= 11 is 2.38. The average molecular weight is 433 g/mol. The molecule has 9 heteroatoms. The summed E-state index contributed by atoms with van der Waals surface area (Å²) in [7, 11) is 0. The van der Waals surface area contributed by atoms with Crippen molar-refractivity contribution in [3.63, 3.8) is 0 Å². The largest absolute Gasteiger partial charge is 0.462 e. The van der Waals surface area contributed by atoms with Crippen molar-refractivity contribution in [3.8, 4) is 0 Å². The van der Waals surface area contributed by atoms with Crippen molar-refractivity contribution in [1.29, 1.82) is 0 Å². The fourth-order valence-corrected chi connectivity index (χ4v) is 6.83. The van der Waals surface area contributed by atoms with Crippen LogP contribution in [0.2, 0.25) is 0 Å². The number of aromatic nitrogens is 1. The van der Waals surface area contributed by atoms with E-state index in [0.717, 1.165) is 16.2 Å². The van der Waals surface area contributed by atoms with Gasteiger partial charge in [0, 0.05) is 10.3 Å². The third-order valence-electron chi connectivity index (χ3n) is 5.69. The van der Waals surface area contributed by atoms with Crippen molar-refractivity contribution in [2.75, 3.05) is 11.5 Å². The van der Waals surface area contributed by atoms with Crippen molar-refractivity contribution in [1.82, 2.24) is 4.98 Å². The number of nitrogens with zero attached hydrogens (tertiary/aromatic N) is 1. The summed E-state index contributed by atoms with van der Waals surface area (Å²) in [6, 6.07) is 6.28. The van der Waals surface area contributed by atoms with Gasteiger partial charge in [0.2, 0.25) is 11.8 Å². The van der Waals surface area contributed by atoms with E-state index < -0.39 is 22.6 Å². The van der Waals surface area contributed by atoms with E-state index in [1.165, 1.54) is 16.7 Å². The molecule has 29 heavy (non-hydrogen) atoms. The minimum Gasteiger partial charge on any atom is -0.462 e. The van der Waals surface area contributed by atoms with Crippen molar-refractivity contribution in [2.24, 2.45) is 5.92 Å². The van der Waals surface area contributed by atoms with E-state index in [1.807, 2.05) is 13.8 Å². The zero-order valence-electron chi connectivity index (χ0n) is 16.2. The number of rotatable bonds is 4. The summed E-state index contributed by atoms with van der Waals surface area (Å²) < 4.78 is 4.97.